The van der Waals surface area contributed by atoms with E-state index >= 15 is 0 Å². The lowest BCUT2D eigenvalue weighted by Crippen LogP contribution is -2.43. The van der Waals surface area contributed by atoms with E-state index in [-0.39, 0.29) is 5.91 Å². The smallest absolute Gasteiger partial charge is 0.272 e. The van der Waals surface area contributed by atoms with Gasteiger partial charge < -0.3 is 10.2 Å². The maximum absolute atomic E-state index is 13.1. The first kappa shape index (κ1) is 19.3. The summed E-state index contributed by atoms with van der Waals surface area (Å²) in [5.41, 5.74) is 3.47. The van der Waals surface area contributed by atoms with E-state index in [2.05, 4.69) is 42.1 Å². The number of benzene rings is 1. The summed E-state index contributed by atoms with van der Waals surface area (Å²) >= 11 is 0. The van der Waals surface area contributed by atoms with Crippen molar-refractivity contribution in [1.29, 1.82) is 0 Å². The Labute approximate surface area is 162 Å². The van der Waals surface area contributed by atoms with E-state index in [9.17, 15) is 4.79 Å². The number of hydrogen-bond donors (Lipinski definition) is 1. The van der Waals surface area contributed by atoms with Crippen molar-refractivity contribution in [3.8, 4) is 0 Å². The topological polar surface area (TPSA) is 58.1 Å². The molecule has 1 atom stereocenters. The standard InChI is InChI=1S/C22H30N4O/c1-5-17-10-8-9-13-26(17)21(27)20-14-16(4)23-22(25-20)24-19-12-7-6-11-18(19)15(2)3/h6-7,11-12,14-15,17H,5,8-10,13H2,1-4H3,(H,23,24,25). The number of nitrogens with zero attached hydrogens (tertiary/aromatic N) is 3. The third-order valence-electron chi connectivity index (χ3n) is 5.26. The fourth-order valence-corrected chi connectivity index (χ4v) is 3.81. The average Bonchev–Trinajstić information content (AvgIpc) is 2.67. The van der Waals surface area contributed by atoms with E-state index in [1.54, 1.807) is 6.07 Å². The fourth-order valence-electron chi connectivity index (χ4n) is 3.81. The molecular formula is C22H30N4O. The molecule has 1 aliphatic rings. The van der Waals surface area contributed by atoms with Gasteiger partial charge >= 0.3 is 0 Å². The molecule has 1 saturated heterocycles. The lowest BCUT2D eigenvalue weighted by Gasteiger charge is -2.35. The summed E-state index contributed by atoms with van der Waals surface area (Å²) < 4.78 is 0. The minimum Gasteiger partial charge on any atom is -0.334 e. The van der Waals surface area contributed by atoms with Gasteiger partial charge in [-0.3, -0.25) is 4.79 Å². The summed E-state index contributed by atoms with van der Waals surface area (Å²) in [4.78, 5) is 24.2. The number of para-hydroxylation sites is 1. The molecule has 3 rings (SSSR count). The predicted molar refractivity (Wildman–Crippen MR) is 110 cm³/mol. The minimum absolute atomic E-state index is 0.0206. The number of carbonyl (C=O) groups is 1. The summed E-state index contributed by atoms with van der Waals surface area (Å²) in [6.07, 6.45) is 4.34. The highest BCUT2D eigenvalue weighted by atomic mass is 16.2. The highest BCUT2D eigenvalue weighted by Gasteiger charge is 2.27. The number of nitrogens with one attached hydrogen (secondary N) is 1. The quantitative estimate of drug-likeness (QED) is 0.804. The van der Waals surface area contributed by atoms with Crippen molar-refractivity contribution in [3.63, 3.8) is 0 Å². The lowest BCUT2D eigenvalue weighted by atomic mass is 9.99. The predicted octanol–water partition coefficient (Wildman–Crippen LogP) is 5.06. The normalized spacial score (nSPS) is 17.2. The fraction of sp³-hybridized carbons (Fsp3) is 0.500. The molecule has 0 radical (unpaired) electrons. The van der Waals surface area contributed by atoms with E-state index in [0.29, 0.717) is 23.6 Å². The summed E-state index contributed by atoms with van der Waals surface area (Å²) in [5, 5.41) is 3.33. The van der Waals surface area contributed by atoms with Crippen molar-refractivity contribution in [2.24, 2.45) is 0 Å². The van der Waals surface area contributed by atoms with Crippen molar-refractivity contribution in [1.82, 2.24) is 14.9 Å². The van der Waals surface area contributed by atoms with Crippen LogP contribution in [0.5, 0.6) is 0 Å². The number of likely N-dealkylation sites (tertiary alicyclic amines) is 1. The Bertz CT molecular complexity index is 803. The minimum atomic E-state index is 0.0206. The first-order valence-electron chi connectivity index (χ1n) is 10.0. The molecule has 0 saturated carbocycles. The van der Waals surface area contributed by atoms with Gasteiger partial charge in [0.2, 0.25) is 5.95 Å². The highest BCUT2D eigenvalue weighted by Crippen LogP contribution is 2.26. The van der Waals surface area contributed by atoms with Gasteiger partial charge in [0.25, 0.3) is 5.91 Å². The first-order valence-corrected chi connectivity index (χ1v) is 10.0. The molecule has 27 heavy (non-hydrogen) atoms. The van der Waals surface area contributed by atoms with Gasteiger partial charge in [0.1, 0.15) is 5.69 Å². The van der Waals surface area contributed by atoms with Gasteiger partial charge in [0, 0.05) is 24.0 Å². The summed E-state index contributed by atoms with van der Waals surface area (Å²) in [7, 11) is 0. The third kappa shape index (κ3) is 4.46. The molecule has 1 amide bonds. The van der Waals surface area contributed by atoms with Crippen molar-refractivity contribution < 1.29 is 4.79 Å². The number of carbonyl (C=O) groups excluding carboxylic acids is 1. The van der Waals surface area contributed by atoms with Gasteiger partial charge in [-0.2, -0.15) is 0 Å². The molecule has 0 bridgehead atoms. The van der Waals surface area contributed by atoms with Gasteiger partial charge in [-0.15, -0.1) is 0 Å². The Morgan fingerprint density at radius 2 is 2.04 bits per heavy atom. The first-order chi connectivity index (χ1) is 13.0. The number of rotatable bonds is 5. The van der Waals surface area contributed by atoms with Crippen LogP contribution in [0.3, 0.4) is 0 Å². The Balaban J connectivity index is 1.88. The van der Waals surface area contributed by atoms with E-state index in [0.717, 1.165) is 37.2 Å². The lowest BCUT2D eigenvalue weighted by molar-refractivity contribution is 0.0602. The van der Waals surface area contributed by atoms with Crippen LogP contribution in [0.1, 0.15) is 74.1 Å². The second-order valence-corrected chi connectivity index (χ2v) is 7.64. The second-order valence-electron chi connectivity index (χ2n) is 7.64. The monoisotopic (exact) mass is 366 g/mol. The van der Waals surface area contributed by atoms with E-state index in [1.165, 1.54) is 12.0 Å². The van der Waals surface area contributed by atoms with Crippen LogP contribution in [0.15, 0.2) is 30.3 Å². The van der Waals surface area contributed by atoms with Crippen LogP contribution in [-0.2, 0) is 0 Å². The van der Waals surface area contributed by atoms with Gasteiger partial charge in [-0.1, -0.05) is 39.0 Å². The number of piperidine rings is 1. The summed E-state index contributed by atoms with van der Waals surface area (Å²) in [6.45, 7) is 9.20. The van der Waals surface area contributed by atoms with Gasteiger partial charge in [-0.25, -0.2) is 9.97 Å². The highest BCUT2D eigenvalue weighted by molar-refractivity contribution is 5.93. The van der Waals surface area contributed by atoms with Crippen molar-refractivity contribution >= 4 is 17.5 Å². The number of amides is 1. The molecule has 144 valence electrons. The molecule has 0 aliphatic carbocycles. The third-order valence-corrected chi connectivity index (χ3v) is 5.26. The number of aryl methyl sites for hydroxylation is 1. The number of hydrogen-bond acceptors (Lipinski definition) is 4. The number of aromatic nitrogens is 2. The molecule has 5 heteroatoms. The van der Waals surface area contributed by atoms with Gasteiger partial charge in [0.15, 0.2) is 0 Å². The maximum Gasteiger partial charge on any atom is 0.272 e. The zero-order valence-corrected chi connectivity index (χ0v) is 16.8. The Kier molecular flexibility index (Phi) is 6.09. The molecule has 1 aromatic carbocycles. The molecule has 1 unspecified atom stereocenters. The van der Waals surface area contributed by atoms with Gasteiger partial charge in [-0.05, 0) is 56.2 Å². The van der Waals surface area contributed by atoms with Crippen molar-refractivity contribution in [2.45, 2.75) is 65.3 Å². The van der Waals surface area contributed by atoms with Crippen LogP contribution in [0.25, 0.3) is 0 Å². The maximum atomic E-state index is 13.1. The Morgan fingerprint density at radius 1 is 1.26 bits per heavy atom. The summed E-state index contributed by atoms with van der Waals surface area (Å²) in [5.74, 6) is 0.891. The van der Waals surface area contributed by atoms with Gasteiger partial charge in [0.05, 0.1) is 0 Å². The molecule has 1 N–H and O–H groups in total. The van der Waals surface area contributed by atoms with Crippen LogP contribution in [0.2, 0.25) is 0 Å². The SMILES string of the molecule is CCC1CCCCN1C(=O)c1cc(C)nc(Nc2ccccc2C(C)C)n1. The van der Waals surface area contributed by atoms with E-state index in [1.807, 2.05) is 30.0 Å². The molecule has 2 aromatic rings. The van der Waals surface area contributed by atoms with Crippen molar-refractivity contribution in [2.75, 3.05) is 11.9 Å². The summed E-state index contributed by atoms with van der Waals surface area (Å²) in [6, 6.07) is 10.3. The van der Waals surface area contributed by atoms with Crippen LogP contribution in [-0.4, -0.2) is 33.4 Å². The Morgan fingerprint density at radius 3 is 2.78 bits per heavy atom. The number of anilines is 2. The molecule has 1 aromatic heterocycles. The van der Waals surface area contributed by atoms with E-state index < -0.39 is 0 Å². The molecule has 0 spiro atoms. The molecule has 1 aliphatic heterocycles. The zero-order chi connectivity index (χ0) is 19.4. The zero-order valence-electron chi connectivity index (χ0n) is 16.8. The van der Waals surface area contributed by atoms with Crippen LogP contribution < -0.4 is 5.32 Å². The molecule has 2 heterocycles. The largest absolute Gasteiger partial charge is 0.334 e. The van der Waals surface area contributed by atoms with Crippen LogP contribution in [0.4, 0.5) is 11.6 Å². The molecular weight excluding hydrogens is 336 g/mol. The average molecular weight is 367 g/mol. The van der Waals surface area contributed by atoms with Crippen LogP contribution in [0, 0.1) is 6.92 Å². The van der Waals surface area contributed by atoms with Crippen LogP contribution >= 0.6 is 0 Å². The molecule has 5 nitrogen and oxygen atoms in total. The Hall–Kier alpha value is -2.43. The molecule has 1 fully saturated rings. The second kappa shape index (κ2) is 8.51. The van der Waals surface area contributed by atoms with Crippen molar-refractivity contribution in [3.05, 3.63) is 47.3 Å². The van der Waals surface area contributed by atoms with E-state index in [4.69, 9.17) is 0 Å².